The lowest BCUT2D eigenvalue weighted by Gasteiger charge is -2.28. The van der Waals surface area contributed by atoms with Gasteiger partial charge in [0, 0.05) is 41.8 Å². The van der Waals surface area contributed by atoms with E-state index in [1.807, 2.05) is 98.1 Å². The Morgan fingerprint density at radius 1 is 0.979 bits per heavy atom. The molecule has 0 fully saturated rings. The molecule has 1 aromatic heterocycles. The first-order valence-corrected chi connectivity index (χ1v) is 15.7. The van der Waals surface area contributed by atoms with Gasteiger partial charge in [-0.25, -0.2) is 0 Å². The third-order valence-electron chi connectivity index (χ3n) is 9.29. The van der Waals surface area contributed by atoms with Crippen LogP contribution in [0.15, 0.2) is 116 Å². The summed E-state index contributed by atoms with van der Waals surface area (Å²) in [5.41, 5.74) is 2.83. The Kier molecular flexibility index (Phi) is 7.79. The Bertz CT molecular complexity index is 2030. The van der Waals surface area contributed by atoms with E-state index in [2.05, 4.69) is 16.9 Å². The van der Waals surface area contributed by atoms with Crippen LogP contribution in [0.2, 0.25) is 0 Å². The van der Waals surface area contributed by atoms with Gasteiger partial charge in [-0.15, -0.1) is 11.7 Å². The van der Waals surface area contributed by atoms with Gasteiger partial charge in [0.15, 0.2) is 5.60 Å². The molecule has 0 saturated carbocycles. The predicted molar refractivity (Wildman–Crippen MR) is 182 cm³/mol. The predicted octanol–water partition coefficient (Wildman–Crippen LogP) is 5.85. The van der Waals surface area contributed by atoms with Crippen molar-refractivity contribution in [1.29, 1.82) is 0 Å². The molecule has 0 spiro atoms. The zero-order chi connectivity index (χ0) is 32.7. The normalized spacial score (nSPS) is 18.4. The summed E-state index contributed by atoms with van der Waals surface area (Å²) < 4.78 is 1.73. The molecule has 0 bridgehead atoms. The van der Waals surface area contributed by atoms with E-state index in [4.69, 9.17) is 0 Å². The van der Waals surface area contributed by atoms with Crippen molar-refractivity contribution in [2.75, 3.05) is 23.0 Å². The molecular weight excluding hydrogens is 590 g/mol. The molecule has 47 heavy (non-hydrogen) atoms. The van der Waals surface area contributed by atoms with Gasteiger partial charge in [0.25, 0.3) is 11.8 Å². The zero-order valence-electron chi connectivity index (χ0n) is 26.0. The standard InChI is InChI=1S/C38H35N5O4/c1-3-20-42-33-19-18-28(43-34-17-10-15-27-14-9-16-29(35(27)34)36(43)45)22-31(33)38(47,37(42)46)25(2)11-7-8-21-41-23-32(39-40-41)30(24-44)26-12-5-4-6-13-26/h3-7,9-19,22-23,25,30,44,47H,1,8,20-21,24H2,2H3/b11-7+/t25-,30?,38+/m1/s1. The number of aryl methyl sites for hydroxylation is 1. The molecule has 0 aliphatic carbocycles. The number of nitrogens with zero attached hydrogens (tertiary/aromatic N) is 5. The fraction of sp³-hybridized carbons (Fsp3) is 0.211. The largest absolute Gasteiger partial charge is 0.395 e. The van der Waals surface area contributed by atoms with Crippen molar-refractivity contribution in [3.05, 3.63) is 138 Å². The molecule has 1 unspecified atom stereocenters. The SMILES string of the molecule is C=CCN1C(=O)[C@](O)([C@H](C)/C=C/CCn2cc(C(CO)c3ccccc3)nn2)c2cc(N3C(=O)c4cccc5cccc3c45)ccc21. The van der Waals surface area contributed by atoms with Crippen molar-refractivity contribution >= 4 is 39.6 Å². The smallest absolute Gasteiger partial charge is 0.264 e. The molecule has 2 aliphatic rings. The van der Waals surface area contributed by atoms with Crippen LogP contribution in [0.1, 0.15) is 46.4 Å². The molecule has 2 amide bonds. The van der Waals surface area contributed by atoms with Gasteiger partial charge in [-0.05, 0) is 47.7 Å². The molecule has 4 aromatic carbocycles. The van der Waals surface area contributed by atoms with Gasteiger partial charge in [-0.2, -0.15) is 0 Å². The summed E-state index contributed by atoms with van der Waals surface area (Å²) >= 11 is 0. The third-order valence-corrected chi connectivity index (χ3v) is 9.29. The van der Waals surface area contributed by atoms with Gasteiger partial charge in [0.2, 0.25) is 0 Å². The van der Waals surface area contributed by atoms with E-state index >= 15 is 0 Å². The second-order valence-electron chi connectivity index (χ2n) is 12.1. The van der Waals surface area contributed by atoms with Gasteiger partial charge in [-0.1, -0.05) is 85.0 Å². The van der Waals surface area contributed by atoms with E-state index in [-0.39, 0.29) is 25.0 Å². The number of carbonyl (C=O) groups is 2. The molecule has 0 radical (unpaired) electrons. The summed E-state index contributed by atoms with van der Waals surface area (Å²) in [5, 5.41) is 32.6. The fourth-order valence-electron chi connectivity index (χ4n) is 6.84. The second-order valence-corrected chi connectivity index (χ2v) is 12.1. The van der Waals surface area contributed by atoms with Crippen LogP contribution >= 0.6 is 0 Å². The van der Waals surface area contributed by atoms with E-state index < -0.39 is 17.4 Å². The molecular formula is C38H35N5O4. The van der Waals surface area contributed by atoms with Crippen LogP contribution < -0.4 is 9.80 Å². The number of aliphatic hydroxyl groups excluding tert-OH is 1. The summed E-state index contributed by atoms with van der Waals surface area (Å²) in [6.45, 7) is 6.33. The average Bonchev–Trinajstić information content (AvgIpc) is 3.74. The van der Waals surface area contributed by atoms with Gasteiger partial charge in [-0.3, -0.25) is 19.2 Å². The van der Waals surface area contributed by atoms with Crippen molar-refractivity contribution < 1.29 is 19.8 Å². The number of allylic oxidation sites excluding steroid dienone is 1. The number of hydrogen-bond donors (Lipinski definition) is 2. The molecule has 9 heteroatoms. The number of hydrogen-bond acceptors (Lipinski definition) is 6. The van der Waals surface area contributed by atoms with E-state index in [9.17, 15) is 19.8 Å². The molecule has 236 valence electrons. The molecule has 3 heterocycles. The number of rotatable bonds is 11. The summed E-state index contributed by atoms with van der Waals surface area (Å²) in [7, 11) is 0. The van der Waals surface area contributed by atoms with Crippen molar-refractivity contribution in [1.82, 2.24) is 15.0 Å². The highest BCUT2D eigenvalue weighted by atomic mass is 16.3. The minimum Gasteiger partial charge on any atom is -0.395 e. The maximum absolute atomic E-state index is 13.9. The number of benzene rings is 4. The lowest BCUT2D eigenvalue weighted by Crippen LogP contribution is -2.44. The van der Waals surface area contributed by atoms with Gasteiger partial charge in [0.05, 0.1) is 35.2 Å². The molecule has 3 atom stereocenters. The maximum Gasteiger partial charge on any atom is 0.264 e. The Hall–Kier alpha value is -5.38. The van der Waals surface area contributed by atoms with Gasteiger partial charge >= 0.3 is 0 Å². The van der Waals surface area contributed by atoms with Crippen LogP contribution in [0.4, 0.5) is 17.1 Å². The maximum atomic E-state index is 13.9. The van der Waals surface area contributed by atoms with E-state index in [1.165, 1.54) is 0 Å². The van der Waals surface area contributed by atoms with Crippen LogP contribution in [0.3, 0.4) is 0 Å². The van der Waals surface area contributed by atoms with Crippen LogP contribution in [0.5, 0.6) is 0 Å². The number of carbonyl (C=O) groups excluding carboxylic acids is 2. The topological polar surface area (TPSA) is 112 Å². The van der Waals surface area contributed by atoms with Crippen molar-refractivity contribution in [3.8, 4) is 0 Å². The van der Waals surface area contributed by atoms with Crippen LogP contribution in [-0.4, -0.2) is 50.2 Å². The molecule has 2 N–H and O–H groups in total. The first kappa shape index (κ1) is 30.3. The number of anilines is 3. The van der Waals surface area contributed by atoms with E-state index in [0.29, 0.717) is 41.2 Å². The minimum absolute atomic E-state index is 0.0761. The summed E-state index contributed by atoms with van der Waals surface area (Å²) in [6, 6.07) is 26.6. The first-order chi connectivity index (χ1) is 22.9. The molecule has 5 aromatic rings. The quantitative estimate of drug-likeness (QED) is 0.178. The summed E-state index contributed by atoms with van der Waals surface area (Å²) in [6.07, 6.45) is 7.83. The monoisotopic (exact) mass is 625 g/mol. The van der Waals surface area contributed by atoms with Gasteiger partial charge < -0.3 is 15.1 Å². The molecule has 7 rings (SSSR count). The molecule has 0 saturated heterocycles. The van der Waals surface area contributed by atoms with Crippen molar-refractivity contribution in [2.24, 2.45) is 5.92 Å². The lowest BCUT2D eigenvalue weighted by atomic mass is 9.82. The second kappa shape index (κ2) is 12.1. The highest BCUT2D eigenvalue weighted by molar-refractivity contribution is 6.28. The van der Waals surface area contributed by atoms with Crippen molar-refractivity contribution in [3.63, 3.8) is 0 Å². The number of amides is 2. The Labute approximate surface area is 272 Å². The summed E-state index contributed by atoms with van der Waals surface area (Å²) in [4.78, 5) is 30.7. The zero-order valence-corrected chi connectivity index (χ0v) is 26.0. The minimum atomic E-state index is -1.85. The fourth-order valence-corrected chi connectivity index (χ4v) is 6.84. The Morgan fingerprint density at radius 2 is 1.77 bits per heavy atom. The van der Waals surface area contributed by atoms with E-state index in [1.54, 1.807) is 32.7 Å². The van der Waals surface area contributed by atoms with E-state index in [0.717, 1.165) is 22.0 Å². The molecule has 9 nitrogen and oxygen atoms in total. The Balaban J connectivity index is 1.13. The molecule has 2 aliphatic heterocycles. The number of aromatic nitrogens is 3. The van der Waals surface area contributed by atoms with Crippen LogP contribution in [0.25, 0.3) is 10.8 Å². The van der Waals surface area contributed by atoms with Crippen LogP contribution in [0, 0.1) is 5.92 Å². The highest BCUT2D eigenvalue weighted by Gasteiger charge is 2.52. The highest BCUT2D eigenvalue weighted by Crippen LogP contribution is 2.49. The Morgan fingerprint density at radius 3 is 2.53 bits per heavy atom. The lowest BCUT2D eigenvalue weighted by molar-refractivity contribution is -0.139. The number of fused-ring (bicyclic) bond motifs is 1. The number of aliphatic hydroxyl groups is 2. The first-order valence-electron chi connectivity index (χ1n) is 15.7. The van der Waals surface area contributed by atoms with Crippen LogP contribution in [-0.2, 0) is 16.9 Å². The van der Waals surface area contributed by atoms with Crippen molar-refractivity contribution in [2.45, 2.75) is 31.4 Å². The third kappa shape index (κ3) is 4.95. The average molecular weight is 626 g/mol. The summed E-state index contributed by atoms with van der Waals surface area (Å²) in [5.74, 6) is -1.43. The van der Waals surface area contributed by atoms with Gasteiger partial charge in [0.1, 0.15) is 0 Å².